The number of esters is 1. The molecule has 0 saturated heterocycles. The SMILES string of the molecule is CC(C)CCNC(=O)NC(=O)COC(=O)Cc1ccc2c(c1)CCC2. The van der Waals surface area contributed by atoms with Crippen LogP contribution in [0.2, 0.25) is 0 Å². The van der Waals surface area contributed by atoms with Crippen molar-refractivity contribution in [1.82, 2.24) is 10.6 Å². The number of urea groups is 1. The molecule has 1 aromatic carbocycles. The fraction of sp³-hybridized carbons (Fsp3) is 0.526. The molecule has 6 nitrogen and oxygen atoms in total. The van der Waals surface area contributed by atoms with E-state index in [9.17, 15) is 14.4 Å². The number of ether oxygens (including phenoxy) is 1. The number of amides is 3. The van der Waals surface area contributed by atoms with Gasteiger partial charge in [0.15, 0.2) is 6.61 Å². The van der Waals surface area contributed by atoms with Crippen molar-refractivity contribution >= 4 is 17.9 Å². The highest BCUT2D eigenvalue weighted by molar-refractivity contribution is 5.95. The van der Waals surface area contributed by atoms with Gasteiger partial charge in [-0.15, -0.1) is 0 Å². The van der Waals surface area contributed by atoms with Crippen molar-refractivity contribution in [3.63, 3.8) is 0 Å². The van der Waals surface area contributed by atoms with Gasteiger partial charge in [-0.05, 0) is 48.3 Å². The molecule has 136 valence electrons. The fourth-order valence-electron chi connectivity index (χ4n) is 2.78. The Hall–Kier alpha value is -2.37. The van der Waals surface area contributed by atoms with Crippen LogP contribution in [0.4, 0.5) is 4.79 Å². The van der Waals surface area contributed by atoms with Crippen molar-refractivity contribution in [2.75, 3.05) is 13.2 Å². The number of fused-ring (bicyclic) bond motifs is 1. The molecule has 0 atom stereocenters. The highest BCUT2D eigenvalue weighted by Crippen LogP contribution is 2.23. The van der Waals surface area contributed by atoms with Crippen LogP contribution in [0.1, 0.15) is 43.4 Å². The number of nitrogens with one attached hydrogen (secondary N) is 2. The van der Waals surface area contributed by atoms with Crippen LogP contribution >= 0.6 is 0 Å². The third-order valence-electron chi connectivity index (χ3n) is 4.14. The Morgan fingerprint density at radius 1 is 1.16 bits per heavy atom. The Labute approximate surface area is 148 Å². The number of hydrogen-bond acceptors (Lipinski definition) is 4. The van der Waals surface area contributed by atoms with E-state index in [1.807, 2.05) is 26.0 Å². The van der Waals surface area contributed by atoms with Gasteiger partial charge in [0.25, 0.3) is 5.91 Å². The molecule has 0 saturated carbocycles. The van der Waals surface area contributed by atoms with E-state index in [-0.39, 0.29) is 6.42 Å². The smallest absolute Gasteiger partial charge is 0.321 e. The first-order chi connectivity index (χ1) is 11.9. The minimum absolute atomic E-state index is 0.126. The van der Waals surface area contributed by atoms with Crippen molar-refractivity contribution in [2.45, 2.75) is 46.0 Å². The van der Waals surface area contributed by atoms with E-state index in [1.165, 1.54) is 11.1 Å². The molecule has 2 rings (SSSR count). The van der Waals surface area contributed by atoms with E-state index >= 15 is 0 Å². The van der Waals surface area contributed by atoms with Crippen LogP contribution in [-0.2, 0) is 33.6 Å². The van der Waals surface area contributed by atoms with Crippen molar-refractivity contribution < 1.29 is 19.1 Å². The first kappa shape index (κ1) is 19.0. The normalized spacial score (nSPS) is 12.6. The summed E-state index contributed by atoms with van der Waals surface area (Å²) in [5, 5.41) is 4.73. The Kier molecular flexibility index (Phi) is 6.98. The molecule has 3 amide bonds. The maximum Gasteiger partial charge on any atom is 0.321 e. The zero-order valence-electron chi connectivity index (χ0n) is 14.9. The number of carbonyl (C=O) groups excluding carboxylic acids is 3. The van der Waals surface area contributed by atoms with Gasteiger partial charge in [0.05, 0.1) is 6.42 Å². The van der Waals surface area contributed by atoms with Gasteiger partial charge in [-0.25, -0.2) is 4.79 Å². The van der Waals surface area contributed by atoms with Gasteiger partial charge in [0.2, 0.25) is 0 Å². The maximum atomic E-state index is 11.8. The zero-order chi connectivity index (χ0) is 18.2. The molecule has 2 N–H and O–H groups in total. The van der Waals surface area contributed by atoms with E-state index in [0.29, 0.717) is 12.5 Å². The average Bonchev–Trinajstić information content (AvgIpc) is 3.00. The van der Waals surface area contributed by atoms with Crippen molar-refractivity contribution in [3.8, 4) is 0 Å². The van der Waals surface area contributed by atoms with Crippen LogP contribution in [0.25, 0.3) is 0 Å². The molecule has 0 radical (unpaired) electrons. The number of hydrogen-bond donors (Lipinski definition) is 2. The van der Waals surface area contributed by atoms with Crippen molar-refractivity contribution in [2.24, 2.45) is 5.92 Å². The second kappa shape index (κ2) is 9.20. The second-order valence-corrected chi connectivity index (χ2v) is 6.78. The van der Waals surface area contributed by atoms with Crippen LogP contribution in [0, 0.1) is 5.92 Å². The quantitative estimate of drug-likeness (QED) is 0.741. The molecule has 1 aliphatic carbocycles. The van der Waals surface area contributed by atoms with E-state index < -0.39 is 24.5 Å². The van der Waals surface area contributed by atoms with Crippen molar-refractivity contribution in [1.29, 1.82) is 0 Å². The van der Waals surface area contributed by atoms with E-state index in [0.717, 1.165) is 31.2 Å². The van der Waals surface area contributed by atoms with Gasteiger partial charge in [-0.1, -0.05) is 32.0 Å². The summed E-state index contributed by atoms with van der Waals surface area (Å²) in [6, 6.07) is 5.44. The molecule has 0 aliphatic heterocycles. The molecule has 0 heterocycles. The molecule has 1 aromatic rings. The van der Waals surface area contributed by atoms with Gasteiger partial charge in [0, 0.05) is 6.54 Å². The highest BCUT2D eigenvalue weighted by Gasteiger charge is 2.14. The minimum atomic E-state index is -0.635. The lowest BCUT2D eigenvalue weighted by atomic mass is 10.0. The average molecular weight is 346 g/mol. The summed E-state index contributed by atoms with van der Waals surface area (Å²) in [6.45, 7) is 4.13. The summed E-state index contributed by atoms with van der Waals surface area (Å²) in [7, 11) is 0. The van der Waals surface area contributed by atoms with Crippen LogP contribution in [0.15, 0.2) is 18.2 Å². The molecule has 0 spiro atoms. The number of rotatable bonds is 7. The van der Waals surface area contributed by atoms with E-state index in [4.69, 9.17) is 4.74 Å². The minimum Gasteiger partial charge on any atom is -0.455 e. The summed E-state index contributed by atoms with van der Waals surface area (Å²) in [6.07, 6.45) is 4.26. The molecule has 1 aliphatic rings. The Morgan fingerprint density at radius 2 is 1.92 bits per heavy atom. The molecule has 0 bridgehead atoms. The number of imide groups is 1. The van der Waals surface area contributed by atoms with Crippen LogP contribution in [-0.4, -0.2) is 31.1 Å². The van der Waals surface area contributed by atoms with Crippen LogP contribution in [0.5, 0.6) is 0 Å². The summed E-state index contributed by atoms with van der Waals surface area (Å²) < 4.78 is 4.94. The molecular weight excluding hydrogens is 320 g/mol. The first-order valence-electron chi connectivity index (χ1n) is 8.78. The summed E-state index contributed by atoms with van der Waals surface area (Å²) in [5.41, 5.74) is 3.53. The lowest BCUT2D eigenvalue weighted by Crippen LogP contribution is -2.42. The topological polar surface area (TPSA) is 84.5 Å². The molecule has 0 aromatic heterocycles. The van der Waals surface area contributed by atoms with Gasteiger partial charge >= 0.3 is 12.0 Å². The number of carbonyl (C=O) groups is 3. The lowest BCUT2D eigenvalue weighted by Gasteiger charge is -2.09. The predicted octanol–water partition coefficient (Wildman–Crippen LogP) is 2.13. The first-order valence-corrected chi connectivity index (χ1v) is 8.78. The monoisotopic (exact) mass is 346 g/mol. The Morgan fingerprint density at radius 3 is 2.68 bits per heavy atom. The molecule has 0 unspecified atom stereocenters. The lowest BCUT2D eigenvalue weighted by molar-refractivity contribution is -0.147. The maximum absolute atomic E-state index is 11.8. The number of aryl methyl sites for hydroxylation is 2. The zero-order valence-corrected chi connectivity index (χ0v) is 14.9. The van der Waals surface area contributed by atoms with Gasteiger partial charge in [0.1, 0.15) is 0 Å². The summed E-state index contributed by atoms with van der Waals surface area (Å²) in [5.74, 6) is -0.645. The fourth-order valence-corrected chi connectivity index (χ4v) is 2.78. The molecule has 0 fully saturated rings. The van der Waals surface area contributed by atoms with Gasteiger partial charge in [-0.3, -0.25) is 14.9 Å². The van der Waals surface area contributed by atoms with Gasteiger partial charge < -0.3 is 10.1 Å². The van der Waals surface area contributed by atoms with E-state index in [2.05, 4.69) is 16.7 Å². The highest BCUT2D eigenvalue weighted by atomic mass is 16.5. The van der Waals surface area contributed by atoms with Crippen LogP contribution < -0.4 is 10.6 Å². The Balaban J connectivity index is 1.67. The number of benzene rings is 1. The standard InChI is InChI=1S/C19H26N2O4/c1-13(2)8-9-20-19(24)21-17(22)12-25-18(23)11-14-6-7-15-4-3-5-16(15)10-14/h6-7,10,13H,3-5,8-9,11-12H2,1-2H3,(H2,20,21,22,24). The third-order valence-corrected chi connectivity index (χ3v) is 4.14. The molecule has 25 heavy (non-hydrogen) atoms. The summed E-state index contributed by atoms with van der Waals surface area (Å²) in [4.78, 5) is 35.0. The summed E-state index contributed by atoms with van der Waals surface area (Å²) >= 11 is 0. The van der Waals surface area contributed by atoms with Crippen LogP contribution in [0.3, 0.4) is 0 Å². The largest absolute Gasteiger partial charge is 0.455 e. The van der Waals surface area contributed by atoms with E-state index in [1.54, 1.807) is 0 Å². The Bertz CT molecular complexity index is 640. The van der Waals surface area contributed by atoms with Crippen molar-refractivity contribution in [3.05, 3.63) is 34.9 Å². The molecular formula is C19H26N2O4. The second-order valence-electron chi connectivity index (χ2n) is 6.78. The molecule has 6 heteroatoms. The third kappa shape index (κ3) is 6.57. The predicted molar refractivity (Wildman–Crippen MR) is 94.1 cm³/mol. The van der Waals surface area contributed by atoms with Gasteiger partial charge in [-0.2, -0.15) is 0 Å².